The van der Waals surface area contributed by atoms with Gasteiger partial charge in [-0.25, -0.2) is 9.97 Å². The van der Waals surface area contributed by atoms with Crippen LogP contribution < -0.4 is 4.90 Å². The lowest BCUT2D eigenvalue weighted by Gasteiger charge is -2.29. The number of carbonyl (C=O) groups is 1. The monoisotopic (exact) mass is 265 g/mol. The maximum absolute atomic E-state index is 11.3. The summed E-state index contributed by atoms with van der Waals surface area (Å²) < 4.78 is 5.32. The standard InChI is InChI=1S/C13H19N3O3/c1-4-16(11-7-19-6-10(11)12(17)18)13-14-8(2)5-9(3)15-13/h5,10-11H,4,6-7H2,1-3H3,(H,17,18). The van der Waals surface area contributed by atoms with E-state index in [1.54, 1.807) is 0 Å². The van der Waals surface area contributed by atoms with E-state index >= 15 is 0 Å². The summed E-state index contributed by atoms with van der Waals surface area (Å²) in [5.41, 5.74) is 1.76. The second-order valence-corrected chi connectivity index (χ2v) is 4.79. The maximum Gasteiger partial charge on any atom is 0.311 e. The number of carboxylic acid groups (broad SMARTS) is 1. The van der Waals surface area contributed by atoms with Gasteiger partial charge in [0.25, 0.3) is 0 Å². The van der Waals surface area contributed by atoms with Crippen molar-refractivity contribution in [3.05, 3.63) is 17.5 Å². The Morgan fingerprint density at radius 2 is 2.05 bits per heavy atom. The molecule has 0 amide bonds. The molecule has 1 aliphatic rings. The number of aliphatic carboxylic acids is 1. The molecular formula is C13H19N3O3. The Bertz CT molecular complexity index is 458. The fraction of sp³-hybridized carbons (Fsp3) is 0.615. The van der Waals surface area contributed by atoms with Crippen molar-refractivity contribution in [3.63, 3.8) is 0 Å². The zero-order valence-corrected chi connectivity index (χ0v) is 11.5. The summed E-state index contributed by atoms with van der Waals surface area (Å²) >= 11 is 0. The van der Waals surface area contributed by atoms with Gasteiger partial charge in [-0.2, -0.15) is 0 Å². The molecule has 0 aromatic carbocycles. The Labute approximate surface area is 112 Å². The molecule has 19 heavy (non-hydrogen) atoms. The Hall–Kier alpha value is -1.69. The van der Waals surface area contributed by atoms with Crippen molar-refractivity contribution in [3.8, 4) is 0 Å². The van der Waals surface area contributed by atoms with Gasteiger partial charge in [0.1, 0.15) is 5.92 Å². The molecule has 0 spiro atoms. The SMILES string of the molecule is CCN(c1nc(C)cc(C)n1)C1COCC1C(=O)O. The van der Waals surface area contributed by atoms with Gasteiger partial charge >= 0.3 is 5.97 Å². The topological polar surface area (TPSA) is 75.5 Å². The van der Waals surface area contributed by atoms with Crippen LogP contribution in [0.3, 0.4) is 0 Å². The van der Waals surface area contributed by atoms with Crippen molar-refractivity contribution < 1.29 is 14.6 Å². The number of likely N-dealkylation sites (N-methyl/N-ethyl adjacent to an activating group) is 1. The van der Waals surface area contributed by atoms with E-state index in [0.717, 1.165) is 11.4 Å². The van der Waals surface area contributed by atoms with Crippen molar-refractivity contribution in [1.82, 2.24) is 9.97 Å². The largest absolute Gasteiger partial charge is 0.481 e. The van der Waals surface area contributed by atoms with Gasteiger partial charge in [0.2, 0.25) is 5.95 Å². The first-order valence-electron chi connectivity index (χ1n) is 6.42. The molecule has 2 rings (SSSR count). The van der Waals surface area contributed by atoms with E-state index in [-0.39, 0.29) is 12.6 Å². The van der Waals surface area contributed by atoms with Crippen LogP contribution in [0.25, 0.3) is 0 Å². The highest BCUT2D eigenvalue weighted by atomic mass is 16.5. The summed E-state index contributed by atoms with van der Waals surface area (Å²) in [5, 5.41) is 9.24. The summed E-state index contributed by atoms with van der Waals surface area (Å²) in [6.07, 6.45) is 0. The minimum absolute atomic E-state index is 0.205. The molecule has 1 fully saturated rings. The molecule has 2 atom stereocenters. The first-order chi connectivity index (χ1) is 9.02. The molecular weight excluding hydrogens is 246 g/mol. The Morgan fingerprint density at radius 1 is 1.42 bits per heavy atom. The number of carboxylic acids is 1. The third-order valence-electron chi connectivity index (χ3n) is 3.34. The van der Waals surface area contributed by atoms with Crippen LogP contribution in [0.2, 0.25) is 0 Å². The fourth-order valence-corrected chi connectivity index (χ4v) is 2.45. The van der Waals surface area contributed by atoms with E-state index in [0.29, 0.717) is 19.1 Å². The molecule has 0 bridgehead atoms. The van der Waals surface area contributed by atoms with E-state index in [1.807, 2.05) is 31.7 Å². The minimum Gasteiger partial charge on any atom is -0.481 e. The molecule has 0 radical (unpaired) electrons. The molecule has 1 aliphatic heterocycles. The molecule has 1 aromatic rings. The van der Waals surface area contributed by atoms with Crippen LogP contribution in [0.15, 0.2) is 6.07 Å². The van der Waals surface area contributed by atoms with Gasteiger partial charge in [-0.15, -0.1) is 0 Å². The van der Waals surface area contributed by atoms with Gasteiger partial charge in [-0.3, -0.25) is 4.79 Å². The first kappa shape index (κ1) is 13.7. The van der Waals surface area contributed by atoms with E-state index < -0.39 is 11.9 Å². The highest BCUT2D eigenvalue weighted by molar-refractivity contribution is 5.72. The summed E-state index contributed by atoms with van der Waals surface area (Å²) in [6.45, 7) is 7.10. The van der Waals surface area contributed by atoms with E-state index in [1.165, 1.54) is 0 Å². The first-order valence-corrected chi connectivity index (χ1v) is 6.42. The molecule has 2 heterocycles. The lowest BCUT2D eigenvalue weighted by Crippen LogP contribution is -2.44. The second-order valence-electron chi connectivity index (χ2n) is 4.79. The Morgan fingerprint density at radius 3 is 2.58 bits per heavy atom. The van der Waals surface area contributed by atoms with Crippen molar-refractivity contribution in [2.24, 2.45) is 5.92 Å². The van der Waals surface area contributed by atoms with Crippen molar-refractivity contribution >= 4 is 11.9 Å². The Balaban J connectivity index is 2.31. The molecule has 104 valence electrons. The number of ether oxygens (including phenoxy) is 1. The lowest BCUT2D eigenvalue weighted by molar-refractivity contribution is -0.141. The lowest BCUT2D eigenvalue weighted by atomic mass is 10.0. The van der Waals surface area contributed by atoms with Crippen molar-refractivity contribution in [1.29, 1.82) is 0 Å². The minimum atomic E-state index is -0.828. The van der Waals surface area contributed by atoms with E-state index in [9.17, 15) is 9.90 Å². The number of nitrogens with zero attached hydrogens (tertiary/aromatic N) is 3. The zero-order valence-electron chi connectivity index (χ0n) is 11.5. The maximum atomic E-state index is 11.3. The predicted molar refractivity (Wildman–Crippen MR) is 70.3 cm³/mol. The second kappa shape index (κ2) is 5.52. The highest BCUT2D eigenvalue weighted by Gasteiger charge is 2.38. The number of anilines is 1. The van der Waals surface area contributed by atoms with Crippen molar-refractivity contribution in [2.75, 3.05) is 24.7 Å². The quantitative estimate of drug-likeness (QED) is 0.876. The third-order valence-corrected chi connectivity index (χ3v) is 3.34. The molecule has 1 aromatic heterocycles. The van der Waals surface area contributed by atoms with Gasteiger partial charge < -0.3 is 14.7 Å². The van der Waals surface area contributed by atoms with Crippen LogP contribution in [0, 0.1) is 19.8 Å². The average Bonchev–Trinajstić information content (AvgIpc) is 2.78. The van der Waals surface area contributed by atoms with Crippen LogP contribution in [0.4, 0.5) is 5.95 Å². The van der Waals surface area contributed by atoms with E-state index in [2.05, 4.69) is 9.97 Å². The van der Waals surface area contributed by atoms with E-state index in [4.69, 9.17) is 4.74 Å². The average molecular weight is 265 g/mol. The zero-order chi connectivity index (χ0) is 14.0. The molecule has 1 saturated heterocycles. The molecule has 0 saturated carbocycles. The number of hydrogen-bond acceptors (Lipinski definition) is 5. The van der Waals surface area contributed by atoms with Crippen LogP contribution in [-0.2, 0) is 9.53 Å². The van der Waals surface area contributed by atoms with Crippen LogP contribution in [-0.4, -0.2) is 46.8 Å². The summed E-state index contributed by atoms with van der Waals surface area (Å²) in [5.74, 6) is -0.767. The van der Waals surface area contributed by atoms with Gasteiger partial charge in [0, 0.05) is 17.9 Å². The van der Waals surface area contributed by atoms with Gasteiger partial charge in [0.15, 0.2) is 0 Å². The number of hydrogen-bond donors (Lipinski definition) is 1. The highest BCUT2D eigenvalue weighted by Crippen LogP contribution is 2.23. The summed E-state index contributed by atoms with van der Waals surface area (Å²) in [4.78, 5) is 22.0. The van der Waals surface area contributed by atoms with Crippen LogP contribution in [0.1, 0.15) is 18.3 Å². The van der Waals surface area contributed by atoms with Crippen LogP contribution in [0.5, 0.6) is 0 Å². The van der Waals surface area contributed by atoms with Gasteiger partial charge in [-0.05, 0) is 26.8 Å². The van der Waals surface area contributed by atoms with Gasteiger partial charge in [-0.1, -0.05) is 0 Å². The van der Waals surface area contributed by atoms with Gasteiger partial charge in [0.05, 0.1) is 19.3 Å². The van der Waals surface area contributed by atoms with Crippen molar-refractivity contribution in [2.45, 2.75) is 26.8 Å². The number of aromatic nitrogens is 2. The summed E-state index contributed by atoms with van der Waals surface area (Å²) in [7, 11) is 0. The molecule has 6 nitrogen and oxygen atoms in total. The Kier molecular flexibility index (Phi) is 3.99. The number of aryl methyl sites for hydroxylation is 2. The fourth-order valence-electron chi connectivity index (χ4n) is 2.45. The molecule has 6 heteroatoms. The smallest absolute Gasteiger partial charge is 0.311 e. The number of rotatable bonds is 4. The third kappa shape index (κ3) is 2.84. The summed E-state index contributed by atoms with van der Waals surface area (Å²) in [6, 6.07) is 1.70. The normalized spacial score (nSPS) is 22.5. The molecule has 0 aliphatic carbocycles. The molecule has 2 unspecified atom stereocenters. The van der Waals surface area contributed by atoms with Crippen LogP contribution >= 0.6 is 0 Å². The predicted octanol–water partition coefficient (Wildman–Crippen LogP) is 1.02. The molecule has 1 N–H and O–H groups in total.